The van der Waals surface area contributed by atoms with Crippen LogP contribution in [0.3, 0.4) is 0 Å². The number of amides is 1. The molecule has 0 fully saturated rings. The summed E-state index contributed by atoms with van der Waals surface area (Å²) < 4.78 is 2.02. The summed E-state index contributed by atoms with van der Waals surface area (Å²) in [7, 11) is 0. The van der Waals surface area contributed by atoms with E-state index in [4.69, 9.17) is 5.73 Å². The van der Waals surface area contributed by atoms with Crippen LogP contribution in [-0.4, -0.2) is 22.7 Å². The van der Waals surface area contributed by atoms with E-state index >= 15 is 0 Å². The predicted octanol–water partition coefficient (Wildman–Crippen LogP) is 1.88. The highest BCUT2D eigenvalue weighted by Gasteiger charge is 2.43. The number of rotatable bonds is 2. The lowest BCUT2D eigenvalue weighted by Crippen LogP contribution is -2.30. The number of carbonyl (C=O) groups is 1. The molecule has 0 aliphatic carbocycles. The maximum atomic E-state index is 11.2. The number of primary amides is 1. The second-order valence-electron chi connectivity index (χ2n) is 5.28. The van der Waals surface area contributed by atoms with Gasteiger partial charge in [-0.05, 0) is 26.8 Å². The molecule has 3 heteroatoms. The van der Waals surface area contributed by atoms with Crippen molar-refractivity contribution in [2.75, 3.05) is 6.54 Å². The van der Waals surface area contributed by atoms with Crippen LogP contribution < -0.4 is 5.73 Å². The molecule has 0 aromatic heterocycles. The van der Waals surface area contributed by atoms with Gasteiger partial charge in [0.15, 0.2) is 5.71 Å². The van der Waals surface area contributed by atoms with Crippen molar-refractivity contribution < 1.29 is 9.37 Å². The van der Waals surface area contributed by atoms with Crippen molar-refractivity contribution in [1.82, 2.24) is 0 Å². The lowest BCUT2D eigenvalue weighted by Gasteiger charge is -2.15. The number of hydrogen-bond donors (Lipinski definition) is 1. The Morgan fingerprint density at radius 3 is 2.59 bits per heavy atom. The van der Waals surface area contributed by atoms with E-state index in [2.05, 4.69) is 45.9 Å². The third-order valence-corrected chi connectivity index (χ3v) is 3.74. The van der Waals surface area contributed by atoms with Crippen LogP contribution in [0.25, 0.3) is 0 Å². The average Bonchev–Trinajstić information content (AvgIpc) is 2.40. The smallest absolute Gasteiger partial charge is 0.283 e. The molecule has 1 amide bonds. The van der Waals surface area contributed by atoms with Gasteiger partial charge in [0.05, 0.1) is 5.41 Å². The van der Waals surface area contributed by atoms with Gasteiger partial charge in [-0.1, -0.05) is 11.6 Å². The van der Waals surface area contributed by atoms with Gasteiger partial charge in [-0.15, -0.1) is 0 Å². The molecule has 1 aromatic carbocycles. The van der Waals surface area contributed by atoms with Crippen molar-refractivity contribution in [1.29, 1.82) is 0 Å². The van der Waals surface area contributed by atoms with Crippen LogP contribution in [0.4, 0.5) is 5.69 Å². The molecule has 0 spiro atoms. The highest BCUT2D eigenvalue weighted by Crippen LogP contribution is 2.39. The topological polar surface area (TPSA) is 46.1 Å². The Kier molecular flexibility index (Phi) is 2.57. The second kappa shape index (κ2) is 3.69. The SMILES string of the molecule is CC1=[N+](CC(N)=O)c2ccc(C)cc2C1(C)C. The zero-order chi connectivity index (χ0) is 12.8. The lowest BCUT2D eigenvalue weighted by molar-refractivity contribution is -0.426. The monoisotopic (exact) mass is 231 g/mol. The first-order valence-electron chi connectivity index (χ1n) is 5.85. The van der Waals surface area contributed by atoms with Crippen LogP contribution in [0.5, 0.6) is 0 Å². The van der Waals surface area contributed by atoms with Crippen molar-refractivity contribution >= 4 is 17.3 Å². The van der Waals surface area contributed by atoms with Gasteiger partial charge in [-0.3, -0.25) is 4.79 Å². The minimum absolute atomic E-state index is 0.0309. The third-order valence-electron chi connectivity index (χ3n) is 3.74. The molecule has 0 atom stereocenters. The van der Waals surface area contributed by atoms with Crippen molar-refractivity contribution in [2.24, 2.45) is 5.73 Å². The fraction of sp³-hybridized carbons (Fsp3) is 0.429. The fourth-order valence-electron chi connectivity index (χ4n) is 2.46. The Hall–Kier alpha value is -1.64. The van der Waals surface area contributed by atoms with Crippen LogP contribution >= 0.6 is 0 Å². The zero-order valence-electron chi connectivity index (χ0n) is 10.9. The first-order valence-corrected chi connectivity index (χ1v) is 5.85. The minimum Gasteiger partial charge on any atom is -0.364 e. The van der Waals surface area contributed by atoms with Gasteiger partial charge in [0.25, 0.3) is 5.91 Å². The van der Waals surface area contributed by atoms with E-state index in [1.54, 1.807) is 0 Å². The van der Waals surface area contributed by atoms with Crippen LogP contribution in [0.15, 0.2) is 18.2 Å². The van der Waals surface area contributed by atoms with Gasteiger partial charge >= 0.3 is 0 Å². The first-order chi connectivity index (χ1) is 7.84. The van der Waals surface area contributed by atoms with Crippen molar-refractivity contribution in [2.45, 2.75) is 33.1 Å². The summed E-state index contributed by atoms with van der Waals surface area (Å²) in [6, 6.07) is 6.34. The van der Waals surface area contributed by atoms with Crippen LogP contribution in [0.1, 0.15) is 31.9 Å². The Morgan fingerprint density at radius 2 is 2.00 bits per heavy atom. The van der Waals surface area contributed by atoms with Crippen LogP contribution in [0.2, 0.25) is 0 Å². The van der Waals surface area contributed by atoms with E-state index in [1.165, 1.54) is 16.8 Å². The summed E-state index contributed by atoms with van der Waals surface area (Å²) in [6.07, 6.45) is 0. The Bertz CT molecular complexity index is 527. The summed E-state index contributed by atoms with van der Waals surface area (Å²) in [6.45, 7) is 8.77. The minimum atomic E-state index is -0.298. The molecule has 0 saturated heterocycles. The number of hydrogen-bond acceptors (Lipinski definition) is 1. The Balaban J connectivity index is 2.62. The largest absolute Gasteiger partial charge is 0.364 e. The van der Waals surface area contributed by atoms with Gasteiger partial charge in [-0.25, -0.2) is 0 Å². The molecule has 90 valence electrons. The molecule has 1 aromatic rings. The van der Waals surface area contributed by atoms with Gasteiger partial charge in [-0.2, -0.15) is 4.58 Å². The molecular weight excluding hydrogens is 212 g/mol. The highest BCUT2D eigenvalue weighted by atomic mass is 16.1. The molecule has 2 rings (SSSR count). The van der Waals surface area contributed by atoms with E-state index in [9.17, 15) is 4.79 Å². The predicted molar refractivity (Wildman–Crippen MR) is 68.9 cm³/mol. The van der Waals surface area contributed by atoms with Crippen molar-refractivity contribution in [3.63, 3.8) is 0 Å². The normalized spacial score (nSPS) is 17.2. The molecule has 1 heterocycles. The second-order valence-corrected chi connectivity index (χ2v) is 5.28. The van der Waals surface area contributed by atoms with Gasteiger partial charge in [0.2, 0.25) is 12.2 Å². The van der Waals surface area contributed by atoms with E-state index in [0.717, 1.165) is 5.69 Å². The van der Waals surface area contributed by atoms with E-state index in [-0.39, 0.29) is 17.9 Å². The molecule has 0 radical (unpaired) electrons. The lowest BCUT2D eigenvalue weighted by atomic mass is 9.82. The standard InChI is InChI=1S/C14H18N2O/c1-9-5-6-12-11(7-9)14(3,4)10(2)16(12)8-13(15)17/h5-7H,8H2,1-4H3,(H-,15,17)/p+1. The molecule has 0 unspecified atom stereocenters. The quantitative estimate of drug-likeness (QED) is 0.776. The van der Waals surface area contributed by atoms with E-state index in [0.29, 0.717) is 0 Å². The van der Waals surface area contributed by atoms with Crippen LogP contribution in [-0.2, 0) is 10.2 Å². The van der Waals surface area contributed by atoms with Crippen LogP contribution in [0, 0.1) is 6.92 Å². The molecule has 17 heavy (non-hydrogen) atoms. The molecule has 1 aliphatic heterocycles. The Morgan fingerprint density at radius 1 is 1.35 bits per heavy atom. The third kappa shape index (κ3) is 1.75. The van der Waals surface area contributed by atoms with Gasteiger partial charge in [0, 0.05) is 18.6 Å². The highest BCUT2D eigenvalue weighted by molar-refractivity contribution is 5.94. The summed E-state index contributed by atoms with van der Waals surface area (Å²) in [5, 5.41) is 0. The zero-order valence-corrected chi connectivity index (χ0v) is 10.9. The maximum absolute atomic E-state index is 11.2. The summed E-state index contributed by atoms with van der Waals surface area (Å²) in [5.41, 5.74) is 10.1. The first kappa shape index (κ1) is 11.8. The maximum Gasteiger partial charge on any atom is 0.283 e. The number of carbonyl (C=O) groups excluding carboxylic acids is 1. The average molecular weight is 231 g/mol. The molecule has 3 nitrogen and oxygen atoms in total. The molecule has 0 saturated carbocycles. The van der Waals surface area contributed by atoms with Crippen molar-refractivity contribution in [3.05, 3.63) is 29.3 Å². The van der Waals surface area contributed by atoms with Gasteiger partial charge < -0.3 is 5.73 Å². The molecule has 0 bridgehead atoms. The number of aryl methyl sites for hydroxylation is 1. The fourth-order valence-corrected chi connectivity index (χ4v) is 2.46. The molecule has 1 aliphatic rings. The van der Waals surface area contributed by atoms with E-state index < -0.39 is 0 Å². The number of nitrogens with zero attached hydrogens (tertiary/aromatic N) is 1. The molecular formula is C14H19N2O+. The number of benzene rings is 1. The van der Waals surface area contributed by atoms with Gasteiger partial charge in [0.1, 0.15) is 0 Å². The Labute approximate surface area is 102 Å². The number of nitrogens with two attached hydrogens (primary N) is 1. The summed E-state index contributed by atoms with van der Waals surface area (Å²) in [4.78, 5) is 11.2. The van der Waals surface area contributed by atoms with E-state index in [1.807, 2.05) is 4.58 Å². The molecule has 2 N–H and O–H groups in total. The number of fused-ring (bicyclic) bond motifs is 1. The summed E-state index contributed by atoms with van der Waals surface area (Å²) >= 11 is 0. The van der Waals surface area contributed by atoms with Crippen molar-refractivity contribution in [3.8, 4) is 0 Å². The summed E-state index contributed by atoms with van der Waals surface area (Å²) in [5.74, 6) is -0.298.